The summed E-state index contributed by atoms with van der Waals surface area (Å²) >= 11 is 13.8. The van der Waals surface area contributed by atoms with E-state index in [9.17, 15) is 23.5 Å². The molecule has 3 aromatic carbocycles. The highest BCUT2D eigenvalue weighted by molar-refractivity contribution is 8.00. The molecule has 5 nitrogen and oxygen atoms in total. The van der Waals surface area contributed by atoms with Gasteiger partial charge in [0.15, 0.2) is 0 Å². The Labute approximate surface area is 195 Å². The van der Waals surface area contributed by atoms with Gasteiger partial charge in [0, 0.05) is 27.2 Å². The number of nitrogens with one attached hydrogen (secondary N) is 1. The topological polar surface area (TPSA) is 69.6 Å². The molecule has 1 atom stereocenters. The highest BCUT2D eigenvalue weighted by atomic mass is 35.5. The van der Waals surface area contributed by atoms with Gasteiger partial charge in [0.25, 0.3) is 11.8 Å². The molecule has 2 N–H and O–H groups in total. The lowest BCUT2D eigenvalue weighted by molar-refractivity contribution is -0.130. The Morgan fingerprint density at radius 3 is 2.50 bits per heavy atom. The number of benzene rings is 3. The lowest BCUT2D eigenvalue weighted by atomic mass is 10.0. The predicted molar refractivity (Wildman–Crippen MR) is 119 cm³/mol. The molecule has 1 saturated heterocycles. The van der Waals surface area contributed by atoms with Gasteiger partial charge in [-0.15, -0.1) is 11.8 Å². The first kappa shape index (κ1) is 22.4. The van der Waals surface area contributed by atoms with Crippen LogP contribution in [-0.2, 0) is 4.79 Å². The van der Waals surface area contributed by atoms with Crippen molar-refractivity contribution >= 4 is 46.8 Å². The first-order valence-corrected chi connectivity index (χ1v) is 11.0. The number of hydrogen-bond donors (Lipinski definition) is 2. The summed E-state index contributed by atoms with van der Waals surface area (Å²) < 4.78 is 27.4. The van der Waals surface area contributed by atoms with Gasteiger partial charge in [-0.3, -0.25) is 15.0 Å². The molecule has 1 fully saturated rings. The average molecular weight is 495 g/mol. The van der Waals surface area contributed by atoms with Crippen LogP contribution >= 0.6 is 35.0 Å². The molecule has 0 bridgehead atoms. The molecule has 164 valence electrons. The number of phenols is 1. The zero-order chi connectivity index (χ0) is 23.0. The highest BCUT2D eigenvalue weighted by Crippen LogP contribution is 2.43. The molecule has 0 saturated carbocycles. The number of amides is 2. The molecule has 1 aliphatic rings. The molecule has 0 aliphatic carbocycles. The van der Waals surface area contributed by atoms with Gasteiger partial charge in [-0.25, -0.2) is 13.8 Å². The highest BCUT2D eigenvalue weighted by Gasteiger charge is 2.37. The van der Waals surface area contributed by atoms with Gasteiger partial charge in [-0.05, 0) is 42.0 Å². The summed E-state index contributed by atoms with van der Waals surface area (Å²) in [4.78, 5) is 25.4. The molecule has 3 aromatic rings. The summed E-state index contributed by atoms with van der Waals surface area (Å²) in [6.45, 7) is 0. The molecule has 1 unspecified atom stereocenters. The fourth-order valence-corrected chi connectivity index (χ4v) is 5.20. The molecular weight excluding hydrogens is 481 g/mol. The Kier molecular flexibility index (Phi) is 6.28. The van der Waals surface area contributed by atoms with Crippen LogP contribution in [0.25, 0.3) is 11.1 Å². The molecule has 1 aliphatic heterocycles. The first-order valence-electron chi connectivity index (χ1n) is 9.23. The minimum atomic E-state index is -0.818. The van der Waals surface area contributed by atoms with Crippen molar-refractivity contribution < 1.29 is 23.5 Å². The molecular formula is C22H14Cl2F2N2O3S. The first-order chi connectivity index (χ1) is 15.3. The van der Waals surface area contributed by atoms with E-state index in [0.29, 0.717) is 15.6 Å². The van der Waals surface area contributed by atoms with Gasteiger partial charge < -0.3 is 5.11 Å². The molecule has 2 amide bonds. The fraction of sp³-hybridized carbons (Fsp3) is 0.0909. The van der Waals surface area contributed by atoms with Crippen LogP contribution < -0.4 is 5.43 Å². The summed E-state index contributed by atoms with van der Waals surface area (Å²) in [5, 5.41) is 11.3. The lowest BCUT2D eigenvalue weighted by Crippen LogP contribution is -2.44. The SMILES string of the molecule is O=C(NN1C(=O)CSC1c1c(Cl)cccc1Cl)c1cc(-c2ccc(F)cc2F)ccc1O. The maximum Gasteiger partial charge on any atom is 0.273 e. The van der Waals surface area contributed by atoms with E-state index in [-0.39, 0.29) is 34.1 Å². The van der Waals surface area contributed by atoms with E-state index in [1.807, 2.05) is 0 Å². The van der Waals surface area contributed by atoms with Gasteiger partial charge >= 0.3 is 0 Å². The van der Waals surface area contributed by atoms with Crippen LogP contribution in [0.2, 0.25) is 10.0 Å². The lowest BCUT2D eigenvalue weighted by Gasteiger charge is -2.26. The van der Waals surface area contributed by atoms with Crippen molar-refractivity contribution in [2.24, 2.45) is 0 Å². The number of thioether (sulfide) groups is 1. The van der Waals surface area contributed by atoms with Crippen LogP contribution in [0.4, 0.5) is 8.78 Å². The van der Waals surface area contributed by atoms with E-state index in [1.54, 1.807) is 18.2 Å². The third-order valence-electron chi connectivity index (χ3n) is 4.82. The van der Waals surface area contributed by atoms with Gasteiger partial charge in [0.2, 0.25) is 0 Å². The fourth-order valence-electron chi connectivity index (χ4n) is 3.28. The van der Waals surface area contributed by atoms with Crippen LogP contribution in [0.3, 0.4) is 0 Å². The van der Waals surface area contributed by atoms with Gasteiger partial charge in [-0.2, -0.15) is 0 Å². The second kappa shape index (κ2) is 8.97. The number of nitrogens with zero attached hydrogens (tertiary/aromatic N) is 1. The van der Waals surface area contributed by atoms with E-state index < -0.39 is 22.9 Å². The summed E-state index contributed by atoms with van der Waals surface area (Å²) in [5.74, 6) is -3.03. The largest absolute Gasteiger partial charge is 0.507 e. The molecule has 0 radical (unpaired) electrons. The Hall–Kier alpha value is -2.81. The van der Waals surface area contributed by atoms with Crippen LogP contribution in [-0.4, -0.2) is 27.7 Å². The Balaban J connectivity index is 1.65. The smallest absolute Gasteiger partial charge is 0.273 e. The normalized spacial score (nSPS) is 15.8. The Morgan fingerprint density at radius 2 is 1.81 bits per heavy atom. The second-order valence-corrected chi connectivity index (χ2v) is 8.74. The zero-order valence-corrected chi connectivity index (χ0v) is 18.4. The predicted octanol–water partition coefficient (Wildman–Crippen LogP) is 5.56. The summed E-state index contributed by atoms with van der Waals surface area (Å²) in [5.41, 5.74) is 3.06. The zero-order valence-electron chi connectivity index (χ0n) is 16.1. The maximum absolute atomic E-state index is 14.2. The minimum Gasteiger partial charge on any atom is -0.507 e. The number of phenolic OH excluding ortho intramolecular Hbond substituents is 1. The van der Waals surface area contributed by atoms with Crippen LogP contribution in [0.1, 0.15) is 21.3 Å². The van der Waals surface area contributed by atoms with E-state index in [2.05, 4.69) is 5.43 Å². The number of hydrogen-bond acceptors (Lipinski definition) is 4. The van der Waals surface area contributed by atoms with Crippen molar-refractivity contribution in [3.8, 4) is 16.9 Å². The quantitative estimate of drug-likeness (QED) is 0.497. The summed E-state index contributed by atoms with van der Waals surface area (Å²) in [6, 6.07) is 11.8. The number of carbonyl (C=O) groups excluding carboxylic acids is 2. The third kappa shape index (κ3) is 4.26. The Morgan fingerprint density at radius 1 is 1.09 bits per heavy atom. The average Bonchev–Trinajstić information content (AvgIpc) is 3.08. The molecule has 0 aromatic heterocycles. The van der Waals surface area contributed by atoms with E-state index in [0.717, 1.165) is 17.1 Å². The van der Waals surface area contributed by atoms with Crippen molar-refractivity contribution in [3.05, 3.63) is 87.4 Å². The standard InChI is InChI=1S/C22H14Cl2F2N2O3S/c23-15-2-1-3-16(24)20(15)22-28(19(30)10-32-22)27-21(31)14-8-11(4-7-18(14)29)13-6-5-12(25)9-17(13)26/h1-9,22,29H,10H2,(H,27,31). The number of hydrazine groups is 1. The number of halogens is 4. The van der Waals surface area contributed by atoms with E-state index >= 15 is 0 Å². The van der Waals surface area contributed by atoms with Crippen molar-refractivity contribution in [2.75, 3.05) is 5.75 Å². The number of aromatic hydroxyl groups is 1. The molecule has 32 heavy (non-hydrogen) atoms. The molecule has 4 rings (SSSR count). The van der Waals surface area contributed by atoms with Crippen LogP contribution in [0.5, 0.6) is 5.75 Å². The molecule has 10 heteroatoms. The number of rotatable bonds is 4. The van der Waals surface area contributed by atoms with Gasteiger partial charge in [0.1, 0.15) is 22.8 Å². The van der Waals surface area contributed by atoms with E-state index in [1.165, 1.54) is 36.0 Å². The summed E-state index contributed by atoms with van der Waals surface area (Å²) in [7, 11) is 0. The van der Waals surface area contributed by atoms with Crippen LogP contribution in [0.15, 0.2) is 54.6 Å². The van der Waals surface area contributed by atoms with Gasteiger partial charge in [0.05, 0.1) is 11.3 Å². The van der Waals surface area contributed by atoms with Crippen molar-refractivity contribution in [2.45, 2.75) is 5.37 Å². The van der Waals surface area contributed by atoms with Crippen molar-refractivity contribution in [1.29, 1.82) is 0 Å². The Bertz CT molecular complexity index is 1220. The maximum atomic E-state index is 14.2. The second-order valence-electron chi connectivity index (χ2n) is 6.86. The van der Waals surface area contributed by atoms with Gasteiger partial charge in [-0.1, -0.05) is 35.3 Å². The third-order valence-corrected chi connectivity index (χ3v) is 6.65. The van der Waals surface area contributed by atoms with Crippen molar-refractivity contribution in [3.63, 3.8) is 0 Å². The van der Waals surface area contributed by atoms with Crippen LogP contribution in [0, 0.1) is 11.6 Å². The minimum absolute atomic E-state index is 0.0500. The molecule has 1 heterocycles. The molecule has 0 spiro atoms. The van der Waals surface area contributed by atoms with Crippen molar-refractivity contribution in [1.82, 2.24) is 10.4 Å². The number of carbonyl (C=O) groups is 2. The van der Waals surface area contributed by atoms with E-state index in [4.69, 9.17) is 23.2 Å². The monoisotopic (exact) mass is 494 g/mol. The summed E-state index contributed by atoms with van der Waals surface area (Å²) in [6.07, 6.45) is 0.